The van der Waals surface area contributed by atoms with Crippen LogP contribution in [0.3, 0.4) is 0 Å². The number of aromatic hydroxyl groups is 1. The van der Waals surface area contributed by atoms with Gasteiger partial charge >= 0.3 is 6.18 Å². The van der Waals surface area contributed by atoms with Crippen LogP contribution in [0.4, 0.5) is 13.2 Å². The van der Waals surface area contributed by atoms with E-state index in [1.807, 2.05) is 0 Å². The van der Waals surface area contributed by atoms with Gasteiger partial charge in [0.25, 0.3) is 0 Å². The molecule has 0 aromatic heterocycles. The first kappa shape index (κ1) is 31.7. The van der Waals surface area contributed by atoms with E-state index in [1.165, 1.54) is 25.9 Å². The molecule has 2 saturated carbocycles. The Bertz CT molecular complexity index is 1490. The summed E-state index contributed by atoms with van der Waals surface area (Å²) in [4.78, 5) is 80.7. The molecule has 3 fully saturated rings. The Labute approximate surface area is 249 Å². The van der Waals surface area contributed by atoms with Gasteiger partial charge in [0, 0.05) is 38.5 Å². The molecule has 238 valence electrons. The van der Waals surface area contributed by atoms with E-state index in [2.05, 4.69) is 5.32 Å². The van der Waals surface area contributed by atoms with Gasteiger partial charge in [0.1, 0.15) is 5.75 Å². The van der Waals surface area contributed by atoms with Crippen molar-refractivity contribution in [2.24, 2.45) is 29.4 Å². The number of aliphatic hydroxyl groups is 1. The third kappa shape index (κ3) is 4.81. The zero-order valence-corrected chi connectivity index (χ0v) is 24.2. The zero-order valence-electron chi connectivity index (χ0n) is 24.2. The van der Waals surface area contributed by atoms with Crippen molar-refractivity contribution in [2.45, 2.75) is 56.6 Å². The summed E-state index contributed by atoms with van der Waals surface area (Å²) in [6.45, 7) is 1.74. The Morgan fingerprint density at radius 3 is 2.41 bits per heavy atom. The molecule has 0 bridgehead atoms. The van der Waals surface area contributed by atoms with Crippen LogP contribution < -0.4 is 11.1 Å². The lowest BCUT2D eigenvalue weighted by Crippen LogP contribution is -2.74. The van der Waals surface area contributed by atoms with Gasteiger partial charge in [0.15, 0.2) is 34.7 Å². The second kappa shape index (κ2) is 10.7. The number of likely N-dealkylation sites (tertiary alicyclic amines) is 1. The molecule has 0 radical (unpaired) electrons. The van der Waals surface area contributed by atoms with Crippen molar-refractivity contribution in [3.63, 3.8) is 0 Å². The van der Waals surface area contributed by atoms with Crippen LogP contribution in [0.25, 0.3) is 0 Å². The van der Waals surface area contributed by atoms with Crippen molar-refractivity contribution in [1.82, 2.24) is 15.1 Å². The Kier molecular flexibility index (Phi) is 7.74. The molecule has 7 atom stereocenters. The molecule has 44 heavy (non-hydrogen) atoms. The predicted molar refractivity (Wildman–Crippen MR) is 144 cm³/mol. The minimum Gasteiger partial charge on any atom is -0.507 e. The van der Waals surface area contributed by atoms with Crippen LogP contribution in [-0.4, -0.2) is 99.8 Å². The van der Waals surface area contributed by atoms with Crippen LogP contribution in [0, 0.1) is 23.7 Å². The third-order valence-corrected chi connectivity index (χ3v) is 9.50. The van der Waals surface area contributed by atoms with Gasteiger partial charge < -0.3 is 21.3 Å². The van der Waals surface area contributed by atoms with Gasteiger partial charge in [-0.3, -0.25) is 38.6 Å². The highest BCUT2D eigenvalue weighted by Crippen LogP contribution is 2.52. The summed E-state index contributed by atoms with van der Waals surface area (Å²) in [5.74, 6) is -13.9. The molecule has 3 aliphatic carbocycles. The van der Waals surface area contributed by atoms with Gasteiger partial charge in [0.2, 0.25) is 11.8 Å². The second-order valence-corrected chi connectivity index (χ2v) is 12.5. The van der Waals surface area contributed by atoms with Crippen LogP contribution in [0.15, 0.2) is 6.07 Å². The largest absolute Gasteiger partial charge is 0.507 e. The monoisotopic (exact) mass is 622 g/mol. The number of phenolic OH excluding ortho intramolecular Hbond substituents is 1. The van der Waals surface area contributed by atoms with Gasteiger partial charge in [-0.25, -0.2) is 0 Å². The normalized spacial score (nSPS) is 32.4. The number of carbonyl (C=O) groups is 6. The Balaban J connectivity index is 1.58. The van der Waals surface area contributed by atoms with Gasteiger partial charge in [-0.05, 0) is 56.5 Å². The number of nitrogens with zero attached hydrogens (tertiary/aromatic N) is 2. The molecule has 15 heteroatoms. The van der Waals surface area contributed by atoms with E-state index in [0.717, 1.165) is 6.07 Å². The number of primary amides is 1. The third-order valence-electron chi connectivity index (χ3n) is 9.50. The van der Waals surface area contributed by atoms with Crippen molar-refractivity contribution in [2.75, 3.05) is 27.2 Å². The van der Waals surface area contributed by atoms with Gasteiger partial charge in [0.05, 0.1) is 23.1 Å². The molecule has 4 aliphatic rings. The molecule has 1 aliphatic heterocycles. The number of likely N-dealkylation sites (N-methyl/N-ethyl adjacent to an activating group) is 1. The molecule has 12 nitrogen and oxygen atoms in total. The minimum absolute atomic E-state index is 0.241. The van der Waals surface area contributed by atoms with Crippen molar-refractivity contribution < 1.29 is 52.2 Å². The summed E-state index contributed by atoms with van der Waals surface area (Å²) >= 11 is 0. The average Bonchev–Trinajstić information content (AvgIpc) is 3.30. The molecule has 5 rings (SSSR count). The Morgan fingerprint density at radius 2 is 1.84 bits per heavy atom. The number of nitrogens with two attached hydrogens (primary N) is 1. The number of hydrogen-bond donors (Lipinski definition) is 4. The van der Waals surface area contributed by atoms with Crippen molar-refractivity contribution in [3.05, 3.63) is 28.3 Å². The summed E-state index contributed by atoms with van der Waals surface area (Å²) < 4.78 is 44.2. The number of phenols is 1. The van der Waals surface area contributed by atoms with Crippen molar-refractivity contribution >= 4 is 34.9 Å². The van der Waals surface area contributed by atoms with Crippen LogP contribution in [-0.2, 0) is 43.1 Å². The lowest BCUT2D eigenvalue weighted by molar-refractivity contribution is -0.181. The predicted octanol–water partition coefficient (Wildman–Crippen LogP) is -0.404. The van der Waals surface area contributed by atoms with E-state index in [4.69, 9.17) is 5.73 Å². The van der Waals surface area contributed by atoms with E-state index in [-0.39, 0.29) is 37.0 Å². The lowest BCUT2D eigenvalue weighted by Gasteiger charge is -2.52. The van der Waals surface area contributed by atoms with Gasteiger partial charge in [-0.15, -0.1) is 0 Å². The maximum atomic E-state index is 14.7. The van der Waals surface area contributed by atoms with E-state index in [1.54, 1.807) is 4.90 Å². The highest BCUT2D eigenvalue weighted by molar-refractivity contribution is 6.32. The first-order valence-corrected chi connectivity index (χ1v) is 14.2. The van der Waals surface area contributed by atoms with Gasteiger partial charge in [-0.2, -0.15) is 13.2 Å². The number of benzene rings is 1. The fourth-order valence-electron chi connectivity index (χ4n) is 7.84. The lowest BCUT2D eigenvalue weighted by atomic mass is 9.52. The van der Waals surface area contributed by atoms with Crippen molar-refractivity contribution in [3.8, 4) is 5.75 Å². The van der Waals surface area contributed by atoms with Crippen LogP contribution >= 0.6 is 0 Å². The number of halogens is 3. The summed E-state index contributed by atoms with van der Waals surface area (Å²) in [6.07, 6.45) is -5.32. The van der Waals surface area contributed by atoms with E-state index < -0.39 is 99.4 Å². The molecular weight excluding hydrogens is 589 g/mol. The number of alkyl halides is 3. The summed E-state index contributed by atoms with van der Waals surface area (Å²) in [7, 11) is 2.82. The zero-order chi connectivity index (χ0) is 32.6. The molecular formula is C29H33F3N4O8. The number of fused-ring (bicyclic) bond motifs is 3. The number of amides is 2. The molecule has 1 saturated heterocycles. The molecule has 2 unspecified atom stereocenters. The van der Waals surface area contributed by atoms with E-state index >= 15 is 0 Å². The maximum absolute atomic E-state index is 14.7. The number of carbonyl (C=O) groups excluding carboxylic acids is 6. The summed E-state index contributed by atoms with van der Waals surface area (Å²) in [5.41, 5.74) is -0.317. The van der Waals surface area contributed by atoms with E-state index in [0.29, 0.717) is 13.0 Å². The quantitative estimate of drug-likeness (QED) is 0.315. The smallest absolute Gasteiger partial charge is 0.417 e. The summed E-state index contributed by atoms with van der Waals surface area (Å²) in [6, 6.07) is -0.793. The Morgan fingerprint density at radius 1 is 1.18 bits per heavy atom. The van der Waals surface area contributed by atoms with Crippen LogP contribution in [0.2, 0.25) is 0 Å². The van der Waals surface area contributed by atoms with Crippen LogP contribution in [0.5, 0.6) is 5.75 Å². The fraction of sp³-hybridized carbons (Fsp3) is 0.586. The van der Waals surface area contributed by atoms with Crippen LogP contribution in [0.1, 0.15) is 46.8 Å². The van der Waals surface area contributed by atoms with Gasteiger partial charge in [-0.1, -0.05) is 0 Å². The Hall–Kier alpha value is -3.69. The molecule has 2 amide bonds. The first-order chi connectivity index (χ1) is 20.4. The standard InChI is InChI=1S/C29H33F3N4O8/c1-11(37)34-14-4-5-36(10-14)9-13-8-17(38)19-15(21(13)29(30,31)32)6-12-7-16-22(35(2)3)24(40)20(27(33)43)26(42)28(16,44)25(41)18(12)23(19)39/h8,12,14,16,18,20,22,38,44H,4-7,9-10H2,1-3H3,(H2,33,43)(H,34,37)/t12-,14+,16-,18?,20?,22-,28-/m0/s1. The highest BCUT2D eigenvalue weighted by atomic mass is 19.4. The topological polar surface area (TPSA) is 187 Å². The summed E-state index contributed by atoms with van der Waals surface area (Å²) in [5, 5.41) is 25.3. The van der Waals surface area contributed by atoms with Crippen molar-refractivity contribution in [1.29, 1.82) is 0 Å². The molecule has 0 spiro atoms. The maximum Gasteiger partial charge on any atom is 0.417 e. The number of Topliss-reactive ketones (excluding diaryl/α,β-unsaturated/α-hetero) is 4. The number of rotatable bonds is 5. The minimum atomic E-state index is -4.96. The number of ketones is 4. The number of nitrogens with one attached hydrogen (secondary N) is 1. The number of hydrogen-bond acceptors (Lipinski definition) is 10. The molecule has 1 aromatic rings. The average molecular weight is 623 g/mol. The fourth-order valence-corrected chi connectivity index (χ4v) is 7.84. The molecule has 5 N–H and O–H groups in total. The SMILES string of the molecule is CC(=O)N[C@@H]1CCN(Cc2cc(O)c3c(c2C(F)(F)F)C[C@H]2C[C@H]4[C@H](N(C)C)C(=O)C(C(N)=O)C(=O)[C@@]4(O)C(=O)C2C3=O)C1. The highest BCUT2D eigenvalue weighted by Gasteiger charge is 2.69. The van der Waals surface area contributed by atoms with E-state index in [9.17, 15) is 52.2 Å². The molecule has 1 aromatic carbocycles. The second-order valence-electron chi connectivity index (χ2n) is 12.5. The molecule has 1 heterocycles. The first-order valence-electron chi connectivity index (χ1n) is 14.2.